The van der Waals surface area contributed by atoms with Gasteiger partial charge in [-0.05, 0) is 30.7 Å². The maximum atomic E-state index is 5.90. The van der Waals surface area contributed by atoms with Crippen LogP contribution < -0.4 is 10.1 Å². The number of halogens is 1. The van der Waals surface area contributed by atoms with Gasteiger partial charge in [-0.3, -0.25) is 0 Å². The first-order valence-corrected chi connectivity index (χ1v) is 6.73. The molecule has 0 saturated heterocycles. The molecule has 0 spiro atoms. The van der Waals surface area contributed by atoms with E-state index in [1.165, 1.54) is 0 Å². The third-order valence-electron chi connectivity index (χ3n) is 2.58. The van der Waals surface area contributed by atoms with Crippen LogP contribution in [0.2, 0.25) is 5.02 Å². The van der Waals surface area contributed by atoms with Crippen LogP contribution in [0.3, 0.4) is 0 Å². The Kier molecular flexibility index (Phi) is 5.04. The molecule has 2 rings (SSSR count). The Morgan fingerprint density at radius 3 is 2.84 bits per heavy atom. The minimum Gasteiger partial charge on any atom is -0.489 e. The van der Waals surface area contributed by atoms with Gasteiger partial charge in [0.05, 0.1) is 0 Å². The van der Waals surface area contributed by atoms with Crippen molar-refractivity contribution in [3.63, 3.8) is 0 Å². The second-order valence-corrected chi connectivity index (χ2v) is 4.66. The molecule has 3 nitrogen and oxygen atoms in total. The van der Waals surface area contributed by atoms with Crippen LogP contribution in [-0.2, 0) is 6.61 Å². The van der Waals surface area contributed by atoms with E-state index in [4.69, 9.17) is 16.3 Å². The minimum atomic E-state index is 0.488. The molecule has 2 aromatic rings. The molecule has 0 radical (unpaired) electrons. The number of ether oxygens (including phenoxy) is 1. The maximum absolute atomic E-state index is 5.90. The highest BCUT2D eigenvalue weighted by molar-refractivity contribution is 6.30. The third kappa shape index (κ3) is 4.45. The number of aromatic nitrogens is 1. The summed E-state index contributed by atoms with van der Waals surface area (Å²) in [6.07, 6.45) is 2.91. The second kappa shape index (κ2) is 7.00. The van der Waals surface area contributed by atoms with Crippen LogP contribution in [0.1, 0.15) is 18.9 Å². The number of hydrogen-bond acceptors (Lipinski definition) is 3. The third-order valence-corrected chi connectivity index (χ3v) is 2.82. The van der Waals surface area contributed by atoms with Gasteiger partial charge < -0.3 is 10.1 Å². The first-order chi connectivity index (χ1) is 9.28. The van der Waals surface area contributed by atoms with Gasteiger partial charge in [-0.25, -0.2) is 4.98 Å². The zero-order chi connectivity index (χ0) is 13.5. The molecule has 0 saturated carbocycles. The first kappa shape index (κ1) is 13.7. The van der Waals surface area contributed by atoms with Gasteiger partial charge in [0.15, 0.2) is 0 Å². The minimum absolute atomic E-state index is 0.488. The van der Waals surface area contributed by atoms with Crippen molar-refractivity contribution in [1.29, 1.82) is 0 Å². The zero-order valence-corrected chi connectivity index (χ0v) is 11.7. The first-order valence-electron chi connectivity index (χ1n) is 6.35. The van der Waals surface area contributed by atoms with E-state index >= 15 is 0 Å². The zero-order valence-electron chi connectivity index (χ0n) is 10.9. The lowest BCUT2D eigenvalue weighted by Gasteiger charge is -2.07. The van der Waals surface area contributed by atoms with Crippen molar-refractivity contribution in [1.82, 2.24) is 4.98 Å². The van der Waals surface area contributed by atoms with Gasteiger partial charge in [-0.1, -0.05) is 30.7 Å². The number of anilines is 1. The van der Waals surface area contributed by atoms with Crippen molar-refractivity contribution in [2.75, 3.05) is 11.9 Å². The molecule has 0 aliphatic rings. The lowest BCUT2D eigenvalue weighted by atomic mass is 10.3. The Morgan fingerprint density at radius 1 is 1.26 bits per heavy atom. The molecule has 1 N–H and O–H groups in total. The van der Waals surface area contributed by atoms with Gasteiger partial charge in [0.2, 0.25) is 0 Å². The fourth-order valence-electron chi connectivity index (χ4n) is 1.59. The molecule has 0 bridgehead atoms. The lowest BCUT2D eigenvalue weighted by molar-refractivity contribution is 0.306. The SMILES string of the molecule is CCCNc1ccc(COc2cccc(Cl)c2)cn1. The number of benzene rings is 1. The van der Waals surface area contributed by atoms with Crippen LogP contribution in [0, 0.1) is 0 Å². The highest BCUT2D eigenvalue weighted by Gasteiger charge is 1.98. The summed E-state index contributed by atoms with van der Waals surface area (Å²) in [6.45, 7) is 3.55. The van der Waals surface area contributed by atoms with E-state index in [-0.39, 0.29) is 0 Å². The molecule has 0 atom stereocenters. The number of pyridine rings is 1. The van der Waals surface area contributed by atoms with E-state index < -0.39 is 0 Å². The van der Waals surface area contributed by atoms with E-state index in [0.717, 1.165) is 30.1 Å². The molecular weight excluding hydrogens is 260 g/mol. The summed E-state index contributed by atoms with van der Waals surface area (Å²) < 4.78 is 5.65. The summed E-state index contributed by atoms with van der Waals surface area (Å²) in [6, 6.07) is 11.3. The van der Waals surface area contributed by atoms with Crippen molar-refractivity contribution >= 4 is 17.4 Å². The molecule has 0 aliphatic carbocycles. The molecule has 19 heavy (non-hydrogen) atoms. The van der Waals surface area contributed by atoms with Crippen LogP contribution >= 0.6 is 11.6 Å². The summed E-state index contributed by atoms with van der Waals surface area (Å²) >= 11 is 5.90. The quantitative estimate of drug-likeness (QED) is 0.861. The molecule has 100 valence electrons. The van der Waals surface area contributed by atoms with E-state index in [1.807, 2.05) is 36.5 Å². The molecule has 1 aromatic heterocycles. The number of nitrogens with zero attached hydrogens (tertiary/aromatic N) is 1. The van der Waals surface area contributed by atoms with Crippen LogP contribution in [0.4, 0.5) is 5.82 Å². The average molecular weight is 277 g/mol. The lowest BCUT2D eigenvalue weighted by Crippen LogP contribution is -2.02. The predicted octanol–water partition coefficient (Wildman–Crippen LogP) is 4.14. The summed E-state index contributed by atoms with van der Waals surface area (Å²) in [4.78, 5) is 4.33. The topological polar surface area (TPSA) is 34.1 Å². The van der Waals surface area contributed by atoms with E-state index in [9.17, 15) is 0 Å². The second-order valence-electron chi connectivity index (χ2n) is 4.22. The van der Waals surface area contributed by atoms with Crippen LogP contribution in [0.25, 0.3) is 0 Å². The molecule has 0 aliphatic heterocycles. The summed E-state index contributed by atoms with van der Waals surface area (Å²) in [5.41, 5.74) is 1.03. The number of nitrogens with one attached hydrogen (secondary N) is 1. The van der Waals surface area contributed by atoms with Crippen molar-refractivity contribution < 1.29 is 4.74 Å². The Balaban J connectivity index is 1.89. The molecule has 1 aromatic carbocycles. The van der Waals surface area contributed by atoms with Crippen LogP contribution in [0.5, 0.6) is 5.75 Å². The fraction of sp³-hybridized carbons (Fsp3) is 0.267. The normalized spacial score (nSPS) is 10.2. The largest absolute Gasteiger partial charge is 0.489 e. The summed E-state index contributed by atoms with van der Waals surface area (Å²) in [5.74, 6) is 1.66. The fourth-order valence-corrected chi connectivity index (χ4v) is 1.77. The van der Waals surface area contributed by atoms with Crippen molar-refractivity contribution in [2.24, 2.45) is 0 Å². The van der Waals surface area contributed by atoms with Gasteiger partial charge in [0.25, 0.3) is 0 Å². The highest BCUT2D eigenvalue weighted by Crippen LogP contribution is 2.18. The summed E-state index contributed by atoms with van der Waals surface area (Å²) in [5, 5.41) is 3.91. The van der Waals surface area contributed by atoms with E-state index in [1.54, 1.807) is 6.07 Å². The molecule has 0 amide bonds. The molecule has 1 heterocycles. The summed E-state index contributed by atoms with van der Waals surface area (Å²) in [7, 11) is 0. The predicted molar refractivity (Wildman–Crippen MR) is 78.8 cm³/mol. The maximum Gasteiger partial charge on any atom is 0.125 e. The van der Waals surface area contributed by atoms with Crippen molar-refractivity contribution in [2.45, 2.75) is 20.0 Å². The Bertz CT molecular complexity index is 514. The van der Waals surface area contributed by atoms with Crippen LogP contribution in [-0.4, -0.2) is 11.5 Å². The van der Waals surface area contributed by atoms with Crippen molar-refractivity contribution in [3.8, 4) is 5.75 Å². The Labute approximate surface area is 118 Å². The van der Waals surface area contributed by atoms with E-state index in [2.05, 4.69) is 17.2 Å². The van der Waals surface area contributed by atoms with Gasteiger partial charge in [-0.15, -0.1) is 0 Å². The van der Waals surface area contributed by atoms with E-state index in [0.29, 0.717) is 11.6 Å². The van der Waals surface area contributed by atoms with Gasteiger partial charge in [-0.2, -0.15) is 0 Å². The Morgan fingerprint density at radius 2 is 2.16 bits per heavy atom. The Hall–Kier alpha value is -1.74. The number of hydrogen-bond donors (Lipinski definition) is 1. The standard InChI is InChI=1S/C15H17ClN2O/c1-2-8-17-15-7-6-12(10-18-15)11-19-14-5-3-4-13(16)9-14/h3-7,9-10H,2,8,11H2,1H3,(H,17,18). The smallest absolute Gasteiger partial charge is 0.125 e. The number of rotatable bonds is 6. The van der Waals surface area contributed by atoms with Crippen LogP contribution in [0.15, 0.2) is 42.6 Å². The molecular formula is C15H17ClN2O. The van der Waals surface area contributed by atoms with Gasteiger partial charge in [0.1, 0.15) is 18.2 Å². The highest BCUT2D eigenvalue weighted by atomic mass is 35.5. The molecule has 0 unspecified atom stereocenters. The molecule has 0 fully saturated rings. The van der Waals surface area contributed by atoms with Gasteiger partial charge in [0, 0.05) is 23.3 Å². The van der Waals surface area contributed by atoms with Crippen molar-refractivity contribution in [3.05, 3.63) is 53.2 Å². The average Bonchev–Trinajstić information content (AvgIpc) is 2.44. The molecule has 4 heteroatoms. The monoisotopic (exact) mass is 276 g/mol. The van der Waals surface area contributed by atoms with Gasteiger partial charge >= 0.3 is 0 Å².